The van der Waals surface area contributed by atoms with Crippen LogP contribution in [0.3, 0.4) is 0 Å². The van der Waals surface area contributed by atoms with Crippen LogP contribution in [0.4, 0.5) is 0 Å². The number of likely N-dealkylation sites (tertiary alicyclic amines) is 1. The Morgan fingerprint density at radius 2 is 2.05 bits per heavy atom. The molecule has 1 aromatic carbocycles. The molecule has 0 N–H and O–H groups in total. The van der Waals surface area contributed by atoms with Gasteiger partial charge in [-0.25, -0.2) is 0 Å². The molecule has 21 heavy (non-hydrogen) atoms. The largest absolute Gasteiger partial charge is 0.466 e. The van der Waals surface area contributed by atoms with Gasteiger partial charge in [0.15, 0.2) is 0 Å². The molecule has 1 aliphatic rings. The number of esters is 1. The fourth-order valence-electron chi connectivity index (χ4n) is 3.26. The lowest BCUT2D eigenvalue weighted by atomic mass is 9.74. The Hall–Kier alpha value is -1.35. The third-order valence-corrected chi connectivity index (χ3v) is 4.43. The van der Waals surface area contributed by atoms with Crippen LogP contribution in [0.5, 0.6) is 0 Å². The SMILES string of the molecule is CCOC(=O)C1(Cc2ccccc2)CCCN(C(C)C)C1. The molecule has 0 aromatic heterocycles. The molecule has 3 nitrogen and oxygen atoms in total. The molecule has 1 heterocycles. The van der Waals surface area contributed by atoms with Crippen molar-refractivity contribution in [3.05, 3.63) is 35.9 Å². The quantitative estimate of drug-likeness (QED) is 0.779. The molecule has 1 fully saturated rings. The van der Waals surface area contributed by atoms with Gasteiger partial charge in [0.05, 0.1) is 12.0 Å². The van der Waals surface area contributed by atoms with Crippen molar-refractivity contribution in [1.82, 2.24) is 4.90 Å². The molecule has 116 valence electrons. The summed E-state index contributed by atoms with van der Waals surface area (Å²) in [5.74, 6) is -0.0285. The maximum atomic E-state index is 12.6. The van der Waals surface area contributed by atoms with E-state index in [9.17, 15) is 4.79 Å². The van der Waals surface area contributed by atoms with Crippen molar-refractivity contribution in [2.45, 2.75) is 46.1 Å². The van der Waals surface area contributed by atoms with Crippen molar-refractivity contribution >= 4 is 5.97 Å². The van der Waals surface area contributed by atoms with Crippen molar-refractivity contribution in [3.63, 3.8) is 0 Å². The van der Waals surface area contributed by atoms with Crippen LogP contribution in [-0.2, 0) is 16.0 Å². The standard InChI is InChI=1S/C18H27NO2/c1-4-21-17(20)18(13-16-9-6-5-7-10-16)11-8-12-19(14-18)15(2)3/h5-7,9-10,15H,4,8,11-14H2,1-3H3. The maximum absolute atomic E-state index is 12.6. The van der Waals surface area contributed by atoms with Gasteiger partial charge in [-0.05, 0) is 52.1 Å². The minimum atomic E-state index is -0.389. The molecule has 3 heteroatoms. The molecule has 0 radical (unpaired) electrons. The van der Waals surface area contributed by atoms with Gasteiger partial charge in [0, 0.05) is 12.6 Å². The summed E-state index contributed by atoms with van der Waals surface area (Å²) in [4.78, 5) is 15.0. The molecule has 1 atom stereocenters. The molecule has 0 saturated carbocycles. The molecule has 2 rings (SSSR count). The normalized spacial score (nSPS) is 23.2. The zero-order chi connectivity index (χ0) is 15.3. The first-order valence-corrected chi connectivity index (χ1v) is 8.02. The number of piperidine rings is 1. The molecule has 1 unspecified atom stereocenters. The van der Waals surface area contributed by atoms with Crippen LogP contribution >= 0.6 is 0 Å². The smallest absolute Gasteiger partial charge is 0.313 e. The van der Waals surface area contributed by atoms with Gasteiger partial charge in [0.1, 0.15) is 0 Å². The first-order chi connectivity index (χ1) is 10.1. The van der Waals surface area contributed by atoms with E-state index in [1.807, 2.05) is 25.1 Å². The summed E-state index contributed by atoms with van der Waals surface area (Å²) in [6, 6.07) is 10.8. The van der Waals surface area contributed by atoms with Gasteiger partial charge in [-0.2, -0.15) is 0 Å². The van der Waals surface area contributed by atoms with E-state index < -0.39 is 0 Å². The summed E-state index contributed by atoms with van der Waals surface area (Å²) >= 11 is 0. The molecule has 0 bridgehead atoms. The minimum absolute atomic E-state index is 0.0285. The average Bonchev–Trinajstić information content (AvgIpc) is 2.48. The molecular formula is C18H27NO2. The topological polar surface area (TPSA) is 29.5 Å². The van der Waals surface area contributed by atoms with Crippen LogP contribution in [0.25, 0.3) is 0 Å². The van der Waals surface area contributed by atoms with E-state index in [0.717, 1.165) is 32.4 Å². The summed E-state index contributed by atoms with van der Waals surface area (Å²) in [5.41, 5.74) is 0.830. The first kappa shape index (κ1) is 16.0. The number of hydrogen-bond donors (Lipinski definition) is 0. The number of carbonyl (C=O) groups is 1. The number of hydrogen-bond acceptors (Lipinski definition) is 3. The summed E-state index contributed by atoms with van der Waals surface area (Å²) in [7, 11) is 0. The van der Waals surface area contributed by atoms with Crippen molar-refractivity contribution in [2.24, 2.45) is 5.41 Å². The zero-order valence-corrected chi connectivity index (χ0v) is 13.5. The van der Waals surface area contributed by atoms with Crippen LogP contribution in [0, 0.1) is 5.41 Å². The van der Waals surface area contributed by atoms with Crippen molar-refractivity contribution in [3.8, 4) is 0 Å². The molecule has 1 saturated heterocycles. The van der Waals surface area contributed by atoms with Crippen LogP contribution in [0.1, 0.15) is 39.2 Å². The van der Waals surface area contributed by atoms with Crippen molar-refractivity contribution < 1.29 is 9.53 Å². The lowest BCUT2D eigenvalue weighted by Crippen LogP contribution is -2.51. The monoisotopic (exact) mass is 289 g/mol. The number of benzene rings is 1. The fraction of sp³-hybridized carbons (Fsp3) is 0.611. The second kappa shape index (κ2) is 7.08. The Balaban J connectivity index is 2.24. The van der Waals surface area contributed by atoms with Crippen LogP contribution in [0.2, 0.25) is 0 Å². The van der Waals surface area contributed by atoms with E-state index in [4.69, 9.17) is 4.74 Å². The van der Waals surface area contributed by atoms with Crippen molar-refractivity contribution in [1.29, 1.82) is 0 Å². The molecular weight excluding hydrogens is 262 g/mol. The second-order valence-corrected chi connectivity index (χ2v) is 6.33. The van der Waals surface area contributed by atoms with Crippen LogP contribution < -0.4 is 0 Å². The molecule has 0 aliphatic carbocycles. The lowest BCUT2D eigenvalue weighted by molar-refractivity contribution is -0.159. The molecule has 1 aromatic rings. The first-order valence-electron chi connectivity index (χ1n) is 8.02. The lowest BCUT2D eigenvalue weighted by Gasteiger charge is -2.42. The maximum Gasteiger partial charge on any atom is 0.313 e. The second-order valence-electron chi connectivity index (χ2n) is 6.33. The predicted octanol–water partition coefficient (Wildman–Crippen LogP) is 3.28. The van der Waals surface area contributed by atoms with E-state index in [1.54, 1.807) is 0 Å². The average molecular weight is 289 g/mol. The molecule has 0 amide bonds. The Kier molecular flexibility index (Phi) is 5.40. The Labute approximate surface area is 128 Å². The zero-order valence-electron chi connectivity index (χ0n) is 13.5. The number of nitrogens with zero attached hydrogens (tertiary/aromatic N) is 1. The van der Waals surface area contributed by atoms with E-state index in [-0.39, 0.29) is 11.4 Å². The summed E-state index contributed by atoms with van der Waals surface area (Å²) in [6.45, 7) is 8.62. The van der Waals surface area contributed by atoms with Crippen LogP contribution in [-0.4, -0.2) is 36.6 Å². The highest BCUT2D eigenvalue weighted by atomic mass is 16.5. The van der Waals surface area contributed by atoms with Gasteiger partial charge in [-0.1, -0.05) is 30.3 Å². The number of carbonyl (C=O) groups excluding carboxylic acids is 1. The number of ether oxygens (including phenoxy) is 1. The predicted molar refractivity (Wildman–Crippen MR) is 85.2 cm³/mol. The molecule has 0 spiro atoms. The minimum Gasteiger partial charge on any atom is -0.466 e. The van der Waals surface area contributed by atoms with Gasteiger partial charge >= 0.3 is 5.97 Å². The Bertz CT molecular complexity index is 458. The van der Waals surface area contributed by atoms with Crippen molar-refractivity contribution in [2.75, 3.05) is 19.7 Å². The highest BCUT2D eigenvalue weighted by Gasteiger charge is 2.43. The van der Waals surface area contributed by atoms with Gasteiger partial charge in [0.2, 0.25) is 0 Å². The van der Waals surface area contributed by atoms with Gasteiger partial charge < -0.3 is 4.74 Å². The highest BCUT2D eigenvalue weighted by Crippen LogP contribution is 2.36. The Morgan fingerprint density at radius 3 is 2.67 bits per heavy atom. The summed E-state index contributed by atoms with van der Waals surface area (Å²) < 4.78 is 5.42. The summed E-state index contributed by atoms with van der Waals surface area (Å²) in [5, 5.41) is 0. The molecule has 1 aliphatic heterocycles. The van der Waals surface area contributed by atoms with E-state index in [1.165, 1.54) is 5.56 Å². The van der Waals surface area contributed by atoms with Gasteiger partial charge in [0.25, 0.3) is 0 Å². The number of rotatable bonds is 5. The van der Waals surface area contributed by atoms with Gasteiger partial charge in [-0.3, -0.25) is 9.69 Å². The van der Waals surface area contributed by atoms with Gasteiger partial charge in [-0.15, -0.1) is 0 Å². The van der Waals surface area contributed by atoms with E-state index in [2.05, 4.69) is 30.9 Å². The third kappa shape index (κ3) is 3.85. The Morgan fingerprint density at radius 1 is 1.33 bits per heavy atom. The summed E-state index contributed by atoms with van der Waals surface area (Å²) in [6.07, 6.45) is 2.75. The third-order valence-electron chi connectivity index (χ3n) is 4.43. The van der Waals surface area contributed by atoms with Crippen LogP contribution in [0.15, 0.2) is 30.3 Å². The fourth-order valence-corrected chi connectivity index (χ4v) is 3.26. The van der Waals surface area contributed by atoms with E-state index in [0.29, 0.717) is 12.6 Å². The highest BCUT2D eigenvalue weighted by molar-refractivity contribution is 5.77. The van der Waals surface area contributed by atoms with E-state index >= 15 is 0 Å².